The van der Waals surface area contributed by atoms with E-state index in [9.17, 15) is 0 Å². The van der Waals surface area contributed by atoms with Crippen molar-refractivity contribution in [3.05, 3.63) is 27.5 Å². The zero-order valence-electron chi connectivity index (χ0n) is 7.52. The number of fused-ring (bicyclic) bond motifs is 1. The van der Waals surface area contributed by atoms with E-state index >= 15 is 0 Å². The van der Waals surface area contributed by atoms with Crippen molar-refractivity contribution in [1.29, 1.82) is 0 Å². The molecule has 0 aliphatic rings. The highest BCUT2D eigenvalue weighted by atomic mass is 127. The van der Waals surface area contributed by atoms with E-state index in [-0.39, 0.29) is 0 Å². The lowest BCUT2D eigenvalue weighted by atomic mass is 10.1. The van der Waals surface area contributed by atoms with Crippen molar-refractivity contribution in [2.45, 2.75) is 6.92 Å². The maximum Gasteiger partial charge on any atom is 0.143 e. The van der Waals surface area contributed by atoms with Crippen LogP contribution >= 0.6 is 22.6 Å². The summed E-state index contributed by atoms with van der Waals surface area (Å²) in [7, 11) is 1.70. The summed E-state index contributed by atoms with van der Waals surface area (Å²) < 4.78 is 6.42. The number of H-pyrrole nitrogens is 1. The Morgan fingerprint density at radius 3 is 2.77 bits per heavy atom. The summed E-state index contributed by atoms with van der Waals surface area (Å²) >= 11 is 2.27. The van der Waals surface area contributed by atoms with Crippen molar-refractivity contribution in [3.8, 4) is 5.75 Å². The standard InChI is InChI=1S/C10H10INO/c1-6-3-7-5-9(11)12-10(7)8(4-6)13-2/h3-5,12H,1-2H3. The van der Waals surface area contributed by atoms with Gasteiger partial charge in [0, 0.05) is 5.39 Å². The van der Waals surface area contributed by atoms with Gasteiger partial charge in [-0.1, -0.05) is 0 Å². The number of aromatic nitrogens is 1. The number of nitrogens with one attached hydrogen (secondary N) is 1. The molecule has 0 saturated heterocycles. The number of benzene rings is 1. The van der Waals surface area contributed by atoms with Crippen molar-refractivity contribution >= 4 is 33.5 Å². The van der Waals surface area contributed by atoms with Gasteiger partial charge in [-0.15, -0.1) is 0 Å². The molecule has 2 rings (SSSR count). The number of hydrogen-bond acceptors (Lipinski definition) is 1. The van der Waals surface area contributed by atoms with Crippen LogP contribution in [0.2, 0.25) is 0 Å². The lowest BCUT2D eigenvalue weighted by Crippen LogP contribution is -1.85. The number of hydrogen-bond donors (Lipinski definition) is 1. The average Bonchev–Trinajstić information content (AvgIpc) is 2.43. The fraction of sp³-hybridized carbons (Fsp3) is 0.200. The fourth-order valence-electron chi connectivity index (χ4n) is 1.48. The molecular formula is C10H10INO. The fourth-order valence-corrected chi connectivity index (χ4v) is 2.09. The molecule has 0 saturated carbocycles. The van der Waals surface area contributed by atoms with E-state index in [1.54, 1.807) is 7.11 Å². The molecule has 0 atom stereocenters. The molecule has 1 N–H and O–H groups in total. The van der Waals surface area contributed by atoms with E-state index in [4.69, 9.17) is 4.74 Å². The summed E-state index contributed by atoms with van der Waals surface area (Å²) in [4.78, 5) is 3.27. The Morgan fingerprint density at radius 2 is 2.08 bits per heavy atom. The van der Waals surface area contributed by atoms with E-state index in [2.05, 4.69) is 46.6 Å². The van der Waals surface area contributed by atoms with Gasteiger partial charge < -0.3 is 9.72 Å². The van der Waals surface area contributed by atoms with Gasteiger partial charge >= 0.3 is 0 Å². The first kappa shape index (κ1) is 8.87. The molecule has 0 bridgehead atoms. The van der Waals surface area contributed by atoms with Crippen LogP contribution in [0.5, 0.6) is 5.75 Å². The predicted molar refractivity (Wildman–Crippen MR) is 62.3 cm³/mol. The average molecular weight is 287 g/mol. The van der Waals surface area contributed by atoms with E-state index in [0.717, 1.165) is 15.0 Å². The zero-order chi connectivity index (χ0) is 9.42. The molecular weight excluding hydrogens is 277 g/mol. The van der Waals surface area contributed by atoms with Crippen LogP contribution in [0.25, 0.3) is 10.9 Å². The largest absolute Gasteiger partial charge is 0.495 e. The van der Waals surface area contributed by atoms with Gasteiger partial charge in [0.1, 0.15) is 5.75 Å². The van der Waals surface area contributed by atoms with Gasteiger partial charge in [-0.05, 0) is 53.3 Å². The maximum absolute atomic E-state index is 5.29. The first-order valence-corrected chi connectivity index (χ1v) is 5.11. The van der Waals surface area contributed by atoms with Crippen LogP contribution in [0.4, 0.5) is 0 Å². The smallest absolute Gasteiger partial charge is 0.143 e. The number of aryl methyl sites for hydroxylation is 1. The molecule has 0 unspecified atom stereocenters. The number of aromatic amines is 1. The van der Waals surface area contributed by atoms with Crippen LogP contribution in [0, 0.1) is 10.6 Å². The van der Waals surface area contributed by atoms with Gasteiger partial charge in [0.15, 0.2) is 0 Å². The molecule has 0 aliphatic heterocycles. The van der Waals surface area contributed by atoms with Crippen LogP contribution < -0.4 is 4.74 Å². The number of ether oxygens (including phenoxy) is 1. The molecule has 68 valence electrons. The van der Waals surface area contributed by atoms with Crippen molar-refractivity contribution < 1.29 is 4.74 Å². The highest BCUT2D eigenvalue weighted by molar-refractivity contribution is 14.1. The van der Waals surface area contributed by atoms with Gasteiger partial charge in [0.25, 0.3) is 0 Å². The van der Waals surface area contributed by atoms with Crippen molar-refractivity contribution in [1.82, 2.24) is 4.98 Å². The van der Waals surface area contributed by atoms with E-state index < -0.39 is 0 Å². The molecule has 1 aromatic carbocycles. The van der Waals surface area contributed by atoms with Crippen LogP contribution in [-0.2, 0) is 0 Å². The second-order valence-electron chi connectivity index (χ2n) is 3.05. The topological polar surface area (TPSA) is 25.0 Å². The van der Waals surface area contributed by atoms with Gasteiger partial charge in [0.2, 0.25) is 0 Å². The molecule has 2 nitrogen and oxygen atoms in total. The third-order valence-corrected chi connectivity index (χ3v) is 2.60. The molecule has 1 heterocycles. The Bertz CT molecular complexity index is 447. The molecule has 0 spiro atoms. The van der Waals surface area contributed by atoms with Crippen LogP contribution in [-0.4, -0.2) is 12.1 Å². The highest BCUT2D eigenvalue weighted by Crippen LogP contribution is 2.27. The zero-order valence-corrected chi connectivity index (χ0v) is 9.68. The molecule has 0 aliphatic carbocycles. The Morgan fingerprint density at radius 1 is 1.31 bits per heavy atom. The number of rotatable bonds is 1. The Kier molecular flexibility index (Phi) is 2.19. The lowest BCUT2D eigenvalue weighted by molar-refractivity contribution is 0.418. The van der Waals surface area contributed by atoms with Crippen molar-refractivity contribution in [2.24, 2.45) is 0 Å². The first-order chi connectivity index (χ1) is 6.20. The normalized spacial score (nSPS) is 10.7. The minimum absolute atomic E-state index is 0.915. The van der Waals surface area contributed by atoms with Gasteiger partial charge in [0.05, 0.1) is 16.3 Å². The Balaban J connectivity index is 2.80. The molecule has 1 aromatic heterocycles. The lowest BCUT2D eigenvalue weighted by Gasteiger charge is -2.02. The molecule has 2 aromatic rings. The monoisotopic (exact) mass is 287 g/mol. The minimum Gasteiger partial charge on any atom is -0.495 e. The van der Waals surface area contributed by atoms with Crippen LogP contribution in [0.1, 0.15) is 5.56 Å². The van der Waals surface area contributed by atoms with Gasteiger partial charge in [-0.25, -0.2) is 0 Å². The third kappa shape index (κ3) is 1.52. The number of halogens is 1. The second kappa shape index (κ2) is 3.21. The Labute approximate surface area is 90.4 Å². The van der Waals surface area contributed by atoms with E-state index in [1.807, 2.05) is 6.07 Å². The molecule has 0 radical (unpaired) electrons. The van der Waals surface area contributed by atoms with Gasteiger partial charge in [-0.2, -0.15) is 0 Å². The summed E-state index contributed by atoms with van der Waals surface area (Å²) in [5.41, 5.74) is 2.30. The second-order valence-corrected chi connectivity index (χ2v) is 4.21. The van der Waals surface area contributed by atoms with Gasteiger partial charge in [-0.3, -0.25) is 0 Å². The summed E-state index contributed by atoms with van der Waals surface area (Å²) in [6.07, 6.45) is 0. The first-order valence-electron chi connectivity index (χ1n) is 4.03. The van der Waals surface area contributed by atoms with E-state index in [0.29, 0.717) is 0 Å². The minimum atomic E-state index is 0.915. The van der Waals surface area contributed by atoms with Crippen LogP contribution in [0.3, 0.4) is 0 Å². The van der Waals surface area contributed by atoms with Crippen molar-refractivity contribution in [2.75, 3.05) is 7.11 Å². The van der Waals surface area contributed by atoms with E-state index in [1.165, 1.54) is 10.9 Å². The third-order valence-electron chi connectivity index (χ3n) is 2.02. The summed E-state index contributed by atoms with van der Waals surface area (Å²) in [5, 5.41) is 1.21. The Hall–Kier alpha value is -0.710. The highest BCUT2D eigenvalue weighted by Gasteiger charge is 2.05. The molecule has 0 fully saturated rings. The summed E-state index contributed by atoms with van der Waals surface area (Å²) in [6.45, 7) is 2.07. The SMILES string of the molecule is COc1cc(C)cc2cc(I)[nH]c12. The quantitative estimate of drug-likeness (QED) is 0.801. The van der Waals surface area contributed by atoms with Crippen molar-refractivity contribution in [3.63, 3.8) is 0 Å². The predicted octanol–water partition coefficient (Wildman–Crippen LogP) is 3.09. The van der Waals surface area contributed by atoms with Crippen LogP contribution in [0.15, 0.2) is 18.2 Å². The summed E-state index contributed by atoms with van der Waals surface area (Å²) in [5.74, 6) is 0.915. The summed E-state index contributed by atoms with van der Waals surface area (Å²) in [6, 6.07) is 6.30. The molecule has 3 heteroatoms. The number of methoxy groups -OCH3 is 1. The molecule has 0 amide bonds. The molecule has 13 heavy (non-hydrogen) atoms. The maximum atomic E-state index is 5.29.